The number of nitrogens with one attached hydrogen (secondary N) is 1. The number of imidazole rings is 1. The molecule has 0 radical (unpaired) electrons. The molecule has 0 saturated heterocycles. The molecule has 12 heavy (non-hydrogen) atoms. The first-order chi connectivity index (χ1) is 5.83. The molecule has 4 heteroatoms. The van der Waals surface area contributed by atoms with Crippen LogP contribution in [0, 0.1) is 5.92 Å². The predicted octanol–water partition coefficient (Wildman–Crippen LogP) is 0.334. The zero-order valence-corrected chi connectivity index (χ0v) is 7.20. The zero-order valence-electron chi connectivity index (χ0n) is 7.20. The monoisotopic (exact) mass is 166 g/mol. The maximum absolute atomic E-state index is 5.48. The van der Waals surface area contributed by atoms with E-state index in [1.807, 2.05) is 24.1 Å². The lowest BCUT2D eigenvalue weighted by atomic mass is 10.1. The number of nitrogens with zero attached hydrogens (tertiary/aromatic N) is 2. The molecule has 0 amide bonds. The summed E-state index contributed by atoms with van der Waals surface area (Å²) in [6, 6.07) is 0.289. The van der Waals surface area contributed by atoms with Crippen molar-refractivity contribution in [3.63, 3.8) is 0 Å². The molecule has 1 saturated carbocycles. The highest BCUT2D eigenvalue weighted by Gasteiger charge is 2.32. The molecule has 0 aromatic carbocycles. The van der Waals surface area contributed by atoms with Crippen molar-refractivity contribution in [2.75, 3.05) is 0 Å². The molecule has 1 aromatic rings. The van der Waals surface area contributed by atoms with E-state index >= 15 is 0 Å². The summed E-state index contributed by atoms with van der Waals surface area (Å²) >= 11 is 0. The second-order valence-corrected chi connectivity index (χ2v) is 3.41. The van der Waals surface area contributed by atoms with Crippen LogP contribution in [0.2, 0.25) is 0 Å². The number of hydrogen-bond donors (Lipinski definition) is 2. The second kappa shape index (κ2) is 2.88. The van der Waals surface area contributed by atoms with Gasteiger partial charge in [-0.1, -0.05) is 0 Å². The van der Waals surface area contributed by atoms with Gasteiger partial charge in [-0.25, -0.2) is 4.98 Å². The number of aromatic nitrogens is 2. The van der Waals surface area contributed by atoms with Gasteiger partial charge in [-0.15, -0.1) is 0 Å². The summed E-state index contributed by atoms with van der Waals surface area (Å²) < 4.78 is 2.02. The van der Waals surface area contributed by atoms with Gasteiger partial charge in [0.15, 0.2) is 0 Å². The summed E-state index contributed by atoms with van der Waals surface area (Å²) in [4.78, 5) is 4.07. The Labute approximate surface area is 71.7 Å². The van der Waals surface area contributed by atoms with Gasteiger partial charge in [0, 0.05) is 13.2 Å². The van der Waals surface area contributed by atoms with E-state index in [0.29, 0.717) is 5.92 Å². The molecule has 4 nitrogen and oxygen atoms in total. The number of nitrogens with two attached hydrogens (primary N) is 1. The van der Waals surface area contributed by atoms with Gasteiger partial charge in [-0.2, -0.15) is 0 Å². The van der Waals surface area contributed by atoms with E-state index in [2.05, 4.69) is 10.4 Å². The first-order valence-electron chi connectivity index (χ1n) is 4.25. The minimum atomic E-state index is 0.289. The lowest BCUT2D eigenvalue weighted by molar-refractivity contribution is 0.472. The molecule has 1 fully saturated rings. The van der Waals surface area contributed by atoms with Crippen molar-refractivity contribution in [2.45, 2.75) is 18.9 Å². The van der Waals surface area contributed by atoms with Crippen LogP contribution in [0.1, 0.15) is 24.6 Å². The van der Waals surface area contributed by atoms with Crippen LogP contribution in [-0.4, -0.2) is 9.55 Å². The second-order valence-electron chi connectivity index (χ2n) is 3.41. The Hall–Kier alpha value is -0.870. The topological polar surface area (TPSA) is 55.9 Å². The quantitative estimate of drug-likeness (QED) is 0.502. The number of rotatable bonds is 3. The summed E-state index contributed by atoms with van der Waals surface area (Å²) in [7, 11) is 2.00. The van der Waals surface area contributed by atoms with E-state index in [0.717, 1.165) is 0 Å². The standard InChI is InChI=1S/C8H14N4/c1-12-5-10-4-7(12)8(11-9)6-2-3-6/h4-6,8,11H,2-3,9H2,1H3. The maximum atomic E-state index is 5.48. The van der Waals surface area contributed by atoms with E-state index < -0.39 is 0 Å². The van der Waals surface area contributed by atoms with Crippen LogP contribution in [0.4, 0.5) is 0 Å². The molecule has 0 bridgehead atoms. The summed E-state index contributed by atoms with van der Waals surface area (Å²) in [6.07, 6.45) is 6.24. The molecule has 1 atom stereocenters. The SMILES string of the molecule is Cn1cncc1C(NN)C1CC1. The highest BCUT2D eigenvalue weighted by atomic mass is 15.3. The molecule has 2 rings (SSSR count). The molecule has 66 valence electrons. The molecular weight excluding hydrogens is 152 g/mol. The number of hydrogen-bond acceptors (Lipinski definition) is 3. The average molecular weight is 166 g/mol. The van der Waals surface area contributed by atoms with Gasteiger partial charge in [-0.05, 0) is 18.8 Å². The van der Waals surface area contributed by atoms with Gasteiger partial charge in [0.1, 0.15) is 0 Å². The summed E-state index contributed by atoms with van der Waals surface area (Å²) in [5.41, 5.74) is 4.03. The molecule has 1 unspecified atom stereocenters. The molecule has 0 aliphatic heterocycles. The zero-order chi connectivity index (χ0) is 8.55. The molecule has 1 aromatic heterocycles. The molecule has 3 N–H and O–H groups in total. The lowest BCUT2D eigenvalue weighted by Gasteiger charge is -2.14. The molecule has 1 aliphatic rings. The third-order valence-electron chi connectivity index (χ3n) is 2.45. The van der Waals surface area contributed by atoms with E-state index in [1.54, 1.807) is 0 Å². The minimum absolute atomic E-state index is 0.289. The van der Waals surface area contributed by atoms with Crippen LogP contribution >= 0.6 is 0 Å². The van der Waals surface area contributed by atoms with Crippen LogP contribution in [0.5, 0.6) is 0 Å². The Balaban J connectivity index is 2.20. The van der Waals surface area contributed by atoms with Crippen molar-refractivity contribution < 1.29 is 0 Å². The van der Waals surface area contributed by atoms with Gasteiger partial charge in [-0.3, -0.25) is 11.3 Å². The largest absolute Gasteiger partial charge is 0.336 e. The normalized spacial score (nSPS) is 19.5. The molecule has 1 aliphatic carbocycles. The van der Waals surface area contributed by atoms with Crippen LogP contribution in [0.25, 0.3) is 0 Å². The van der Waals surface area contributed by atoms with Crippen molar-refractivity contribution in [3.05, 3.63) is 18.2 Å². The fourth-order valence-corrected chi connectivity index (χ4v) is 1.56. The smallest absolute Gasteiger partial charge is 0.0946 e. The van der Waals surface area contributed by atoms with Gasteiger partial charge in [0.25, 0.3) is 0 Å². The highest BCUT2D eigenvalue weighted by Crippen LogP contribution is 2.40. The third kappa shape index (κ3) is 1.23. The Morgan fingerprint density at radius 2 is 2.50 bits per heavy atom. The summed E-state index contributed by atoms with van der Waals surface area (Å²) in [5, 5.41) is 0. The average Bonchev–Trinajstić information content (AvgIpc) is 2.80. The number of hydrazine groups is 1. The molecular formula is C8H14N4. The fraction of sp³-hybridized carbons (Fsp3) is 0.625. The van der Waals surface area contributed by atoms with Gasteiger partial charge < -0.3 is 4.57 Å². The molecule has 1 heterocycles. The van der Waals surface area contributed by atoms with E-state index in [4.69, 9.17) is 5.84 Å². The van der Waals surface area contributed by atoms with Crippen molar-refractivity contribution in [1.29, 1.82) is 0 Å². The van der Waals surface area contributed by atoms with Crippen LogP contribution in [-0.2, 0) is 7.05 Å². The minimum Gasteiger partial charge on any atom is -0.336 e. The third-order valence-corrected chi connectivity index (χ3v) is 2.45. The predicted molar refractivity (Wildman–Crippen MR) is 46.0 cm³/mol. The number of aryl methyl sites for hydroxylation is 1. The van der Waals surface area contributed by atoms with Crippen LogP contribution in [0.15, 0.2) is 12.5 Å². The van der Waals surface area contributed by atoms with Crippen LogP contribution < -0.4 is 11.3 Å². The van der Waals surface area contributed by atoms with Crippen molar-refractivity contribution in [2.24, 2.45) is 18.8 Å². The fourth-order valence-electron chi connectivity index (χ4n) is 1.56. The Morgan fingerprint density at radius 1 is 1.75 bits per heavy atom. The van der Waals surface area contributed by atoms with E-state index in [9.17, 15) is 0 Å². The van der Waals surface area contributed by atoms with Crippen LogP contribution in [0.3, 0.4) is 0 Å². The Kier molecular flexibility index (Phi) is 1.86. The van der Waals surface area contributed by atoms with Crippen molar-refractivity contribution in [1.82, 2.24) is 15.0 Å². The van der Waals surface area contributed by atoms with E-state index in [-0.39, 0.29) is 6.04 Å². The summed E-state index contributed by atoms with van der Waals surface area (Å²) in [6.45, 7) is 0. The van der Waals surface area contributed by atoms with Gasteiger partial charge >= 0.3 is 0 Å². The van der Waals surface area contributed by atoms with Crippen molar-refractivity contribution in [3.8, 4) is 0 Å². The maximum Gasteiger partial charge on any atom is 0.0946 e. The first kappa shape index (κ1) is 7.76. The Morgan fingerprint density at radius 3 is 2.92 bits per heavy atom. The van der Waals surface area contributed by atoms with Gasteiger partial charge in [0.05, 0.1) is 18.1 Å². The molecule has 0 spiro atoms. The highest BCUT2D eigenvalue weighted by molar-refractivity contribution is 5.08. The van der Waals surface area contributed by atoms with Gasteiger partial charge in [0.2, 0.25) is 0 Å². The van der Waals surface area contributed by atoms with Crippen molar-refractivity contribution >= 4 is 0 Å². The Bertz CT molecular complexity index is 264. The first-order valence-corrected chi connectivity index (χ1v) is 4.25. The lowest BCUT2D eigenvalue weighted by Crippen LogP contribution is -2.30. The summed E-state index contributed by atoms with van der Waals surface area (Å²) in [5.74, 6) is 6.20. The van der Waals surface area contributed by atoms with E-state index in [1.165, 1.54) is 18.5 Å².